The Morgan fingerprint density at radius 1 is 0.625 bits per heavy atom. The molecule has 0 aliphatic carbocycles. The summed E-state index contributed by atoms with van der Waals surface area (Å²) >= 11 is 0. The van der Waals surface area contributed by atoms with Crippen LogP contribution in [0.2, 0.25) is 0 Å². The van der Waals surface area contributed by atoms with E-state index in [2.05, 4.69) is 5.32 Å². The lowest BCUT2D eigenvalue weighted by atomic mass is 9.88. The number of benzene rings is 4. The number of allylic oxidation sites excluding steroid dienone is 1. The number of hydrogen-bond donors (Lipinski definition) is 5. The smallest absolute Gasteiger partial charge is 0.401 e. The van der Waals surface area contributed by atoms with Crippen molar-refractivity contribution in [1.82, 2.24) is 10.3 Å². The number of fused-ring (bicyclic) bond motifs is 3. The minimum absolute atomic E-state index is 0.0834. The number of nitrogens with zero attached hydrogens (tertiary/aromatic N) is 4. The number of hydrogen-bond acceptors (Lipinski definition) is 9. The van der Waals surface area contributed by atoms with E-state index in [4.69, 9.17) is 23.0 Å². The third kappa shape index (κ3) is 19.8. The summed E-state index contributed by atoms with van der Waals surface area (Å²) in [5, 5.41) is 4.48. The second-order valence-electron chi connectivity index (χ2n) is 17.8. The van der Waals surface area contributed by atoms with Gasteiger partial charge in [-0.25, -0.2) is 5.84 Å². The first-order valence-corrected chi connectivity index (χ1v) is 27.1. The van der Waals surface area contributed by atoms with E-state index in [-0.39, 0.29) is 29.7 Å². The van der Waals surface area contributed by atoms with Gasteiger partial charge in [0.1, 0.15) is 0 Å². The summed E-state index contributed by atoms with van der Waals surface area (Å²) in [7, 11) is 0. The highest BCUT2D eigenvalue weighted by molar-refractivity contribution is 5.94. The van der Waals surface area contributed by atoms with Gasteiger partial charge in [-0.3, -0.25) is 14.4 Å². The number of anilines is 3. The fourth-order valence-electron chi connectivity index (χ4n) is 8.68. The van der Waals surface area contributed by atoms with E-state index in [1.54, 1.807) is 12.4 Å². The topological polar surface area (TPSA) is 180 Å². The van der Waals surface area contributed by atoms with Crippen molar-refractivity contribution in [2.45, 2.75) is 159 Å². The number of unbranched alkanes of at least 4 members (excludes halogenated alkanes) is 1. The van der Waals surface area contributed by atoms with E-state index < -0.39 is 47.3 Å². The predicted octanol–water partition coefficient (Wildman–Crippen LogP) is 14.5. The molecule has 80 heavy (non-hydrogen) atoms. The zero-order valence-electron chi connectivity index (χ0n) is 48.4. The highest BCUT2D eigenvalue weighted by Gasteiger charge is 2.38. The molecule has 12 nitrogen and oxygen atoms in total. The van der Waals surface area contributed by atoms with Crippen molar-refractivity contribution in [3.8, 4) is 0 Å². The van der Waals surface area contributed by atoms with Gasteiger partial charge in [-0.2, -0.15) is 39.5 Å². The van der Waals surface area contributed by atoms with E-state index in [0.717, 1.165) is 54.8 Å². The SMILES string of the molecule is CC.CC.CC.CC.CC(=O)N1CCC(N/C=C(\N)c2ccccc2)c2cc(C(F)(F)F)ccc21.CC(=O)N1C[C@@H](C)C(N)c2cc(C(F)(F)F)ccc21.CCCC/C(N)=C/N(N)C1CCN(C(C)=O)c2ccc(C(F)(F)F)cc21. The fraction of sp³-hybridized carbons (Fsp3) is 0.475. The van der Waals surface area contributed by atoms with Gasteiger partial charge in [0.15, 0.2) is 0 Å². The monoisotopic (exact) mass is 1140 g/mol. The highest BCUT2D eigenvalue weighted by Crippen LogP contribution is 2.43. The fourth-order valence-corrected chi connectivity index (χ4v) is 8.68. The van der Waals surface area contributed by atoms with E-state index in [1.165, 1.54) is 58.7 Å². The number of carbonyl (C=O) groups excluding carboxylic acids is 3. The van der Waals surface area contributed by atoms with E-state index >= 15 is 0 Å². The van der Waals surface area contributed by atoms with Crippen LogP contribution in [-0.2, 0) is 32.9 Å². The molecular formula is C59H84F9N9O3. The number of amides is 3. The van der Waals surface area contributed by atoms with Crippen LogP contribution in [0.15, 0.2) is 103 Å². The molecule has 0 saturated carbocycles. The molecule has 4 aromatic carbocycles. The molecular weight excluding hydrogens is 1050 g/mol. The molecule has 3 aliphatic heterocycles. The normalized spacial score (nSPS) is 17.5. The summed E-state index contributed by atoms with van der Waals surface area (Å²) in [4.78, 5) is 39.7. The molecule has 0 radical (unpaired) electrons. The third-order valence-corrected chi connectivity index (χ3v) is 12.6. The molecule has 4 atom stereocenters. The Morgan fingerprint density at radius 2 is 1.04 bits per heavy atom. The molecule has 0 saturated heterocycles. The molecule has 0 spiro atoms. The van der Waals surface area contributed by atoms with E-state index in [0.29, 0.717) is 84.0 Å². The van der Waals surface area contributed by atoms with Crippen molar-refractivity contribution >= 4 is 40.5 Å². The van der Waals surface area contributed by atoms with E-state index in [9.17, 15) is 53.9 Å². The van der Waals surface area contributed by atoms with Crippen molar-refractivity contribution in [2.24, 2.45) is 29.0 Å². The average Bonchev–Trinajstić information content (AvgIpc) is 3.43. The van der Waals surface area contributed by atoms with Crippen LogP contribution < -0.4 is 43.1 Å². The highest BCUT2D eigenvalue weighted by atomic mass is 19.4. The third-order valence-electron chi connectivity index (χ3n) is 12.6. The molecule has 9 N–H and O–H groups in total. The quantitative estimate of drug-likeness (QED) is 0.0652. The molecule has 0 aromatic heterocycles. The van der Waals surface area contributed by atoms with Gasteiger partial charge in [0.2, 0.25) is 17.7 Å². The van der Waals surface area contributed by atoms with Gasteiger partial charge in [-0.1, -0.05) is 106 Å². The van der Waals surface area contributed by atoms with Crippen molar-refractivity contribution in [1.29, 1.82) is 0 Å². The molecule has 3 unspecified atom stereocenters. The molecule has 4 aromatic rings. The molecule has 21 heteroatoms. The average molecular weight is 1140 g/mol. The molecule has 3 heterocycles. The molecule has 3 aliphatic rings. The Hall–Kier alpha value is -6.74. The summed E-state index contributed by atoms with van der Waals surface area (Å²) in [6, 6.07) is 18.2. The molecule has 446 valence electrons. The van der Waals surface area contributed by atoms with Gasteiger partial charge in [-0.05, 0) is 103 Å². The zero-order chi connectivity index (χ0) is 61.5. The maximum absolute atomic E-state index is 13.1. The first-order valence-electron chi connectivity index (χ1n) is 27.1. The van der Waals surface area contributed by atoms with Crippen molar-refractivity contribution in [3.05, 3.63) is 142 Å². The number of hydrazine groups is 1. The van der Waals surface area contributed by atoms with Crippen LogP contribution in [0.4, 0.5) is 56.6 Å². The number of nitrogens with two attached hydrogens (primary N) is 4. The summed E-state index contributed by atoms with van der Waals surface area (Å²) in [5.41, 5.74) is 20.2. The summed E-state index contributed by atoms with van der Waals surface area (Å²) in [6.45, 7) is 25.3. The lowest BCUT2D eigenvalue weighted by Gasteiger charge is -2.38. The van der Waals surface area contributed by atoms with Crippen molar-refractivity contribution in [2.75, 3.05) is 34.3 Å². The van der Waals surface area contributed by atoms with Gasteiger partial charge >= 0.3 is 18.5 Å². The first-order chi connectivity index (χ1) is 37.6. The van der Waals surface area contributed by atoms with Crippen LogP contribution in [0.1, 0.15) is 179 Å². The number of halogens is 9. The lowest BCUT2D eigenvalue weighted by Crippen LogP contribution is -2.42. The maximum Gasteiger partial charge on any atom is 0.416 e. The van der Waals surface area contributed by atoms with Crippen LogP contribution in [0.3, 0.4) is 0 Å². The number of nitrogens with one attached hydrogen (secondary N) is 1. The van der Waals surface area contributed by atoms with Gasteiger partial charge in [0.25, 0.3) is 0 Å². The zero-order valence-corrected chi connectivity index (χ0v) is 48.4. The first kappa shape index (κ1) is 71.3. The standard InChI is InChI=1S/C20H20F3N3O.C18H25F3N4O.C13H15F3N2O.4C2H6/c1-13(27)26-10-9-18(25-12-17(24)14-5-3-2-4-6-14)16-11-15(20(21,22)23)7-8-19(16)26;1-3-4-5-14(22)11-25(23)17-8-9-24(12(2)26)16-7-6-13(10-15(16)17)18(19,20)21;1-7-6-18(8(2)19)11-4-3-9(13(14,15)16)5-10(11)12(7)17;4*1-2/h2-8,11-12,18,25H,9-10,24H2,1H3;6-7,10-11,17H,3-5,8-9,22-23H2,1-2H3;3-5,7,12H,6,17H2,1-2H3;4*1-2H3/b17-12-;14-11-;;;;;/t;;7-,12?;;;;/m..1..../s1. The summed E-state index contributed by atoms with van der Waals surface area (Å²) < 4.78 is 117. The Morgan fingerprint density at radius 3 is 1.48 bits per heavy atom. The van der Waals surface area contributed by atoms with Gasteiger partial charge < -0.3 is 42.2 Å². The predicted molar refractivity (Wildman–Crippen MR) is 304 cm³/mol. The number of rotatable bonds is 8. The summed E-state index contributed by atoms with van der Waals surface area (Å²) in [5.74, 6) is 5.41. The summed E-state index contributed by atoms with van der Waals surface area (Å²) in [6.07, 6.45) is -6.68. The van der Waals surface area contributed by atoms with Crippen LogP contribution in [0.25, 0.3) is 5.70 Å². The van der Waals surface area contributed by atoms with Crippen LogP contribution in [0, 0.1) is 5.92 Å². The Labute approximate surface area is 467 Å². The van der Waals surface area contributed by atoms with Gasteiger partial charge in [0.05, 0.1) is 34.5 Å². The second kappa shape index (κ2) is 33.1. The van der Waals surface area contributed by atoms with E-state index in [1.807, 2.05) is 99.6 Å². The number of alkyl halides is 9. The largest absolute Gasteiger partial charge is 0.416 e. The van der Waals surface area contributed by atoms with Gasteiger partial charge in [0, 0.05) is 87.2 Å². The van der Waals surface area contributed by atoms with Gasteiger partial charge in [-0.15, -0.1) is 0 Å². The van der Waals surface area contributed by atoms with Crippen molar-refractivity contribution < 1.29 is 53.9 Å². The minimum Gasteiger partial charge on any atom is -0.401 e. The minimum atomic E-state index is -4.46. The molecule has 3 amide bonds. The molecule has 0 fully saturated rings. The number of carbonyl (C=O) groups is 3. The maximum atomic E-state index is 13.1. The Kier molecular flexibility index (Phi) is 29.5. The second-order valence-corrected chi connectivity index (χ2v) is 17.8. The Balaban J connectivity index is 0.000000571. The lowest BCUT2D eigenvalue weighted by molar-refractivity contribution is -0.138. The van der Waals surface area contributed by atoms with Crippen LogP contribution >= 0.6 is 0 Å². The molecule has 0 bridgehead atoms. The van der Waals surface area contributed by atoms with Crippen LogP contribution in [-0.4, -0.2) is 42.4 Å². The molecule has 7 rings (SSSR count). The van der Waals surface area contributed by atoms with Crippen molar-refractivity contribution in [3.63, 3.8) is 0 Å². The Bertz CT molecular complexity index is 2620. The van der Waals surface area contributed by atoms with Crippen LogP contribution in [0.5, 0.6) is 0 Å².